The van der Waals surface area contributed by atoms with Crippen LogP contribution in [0.3, 0.4) is 0 Å². The molecule has 4 saturated heterocycles. The summed E-state index contributed by atoms with van der Waals surface area (Å²) < 4.78 is 37.9. The zero-order valence-corrected chi connectivity index (χ0v) is 16.0. The van der Waals surface area contributed by atoms with E-state index in [-0.39, 0.29) is 11.5 Å². The third kappa shape index (κ3) is 4.35. The fourth-order valence-corrected chi connectivity index (χ4v) is 5.09. The molecule has 4 nitrogen and oxygen atoms in total. The van der Waals surface area contributed by atoms with Crippen LogP contribution in [0.15, 0.2) is 24.3 Å². The molecule has 1 aromatic carbocycles. The minimum absolute atomic E-state index is 0.274. The van der Waals surface area contributed by atoms with Gasteiger partial charge >= 0.3 is 6.18 Å². The minimum Gasteiger partial charge on any atom is -0.350 e. The van der Waals surface area contributed by atoms with Gasteiger partial charge in [0.05, 0.1) is 5.56 Å². The summed E-state index contributed by atoms with van der Waals surface area (Å²) in [5, 5.41) is 2.93. The summed E-state index contributed by atoms with van der Waals surface area (Å²) in [6.07, 6.45) is 0.600. The fraction of sp³-hybridized carbons (Fsp3) is 0.667. The second kappa shape index (κ2) is 8.03. The second-order valence-electron chi connectivity index (χ2n) is 8.49. The normalized spacial score (nSPS) is 30.5. The van der Waals surface area contributed by atoms with Gasteiger partial charge in [0.25, 0.3) is 5.91 Å². The van der Waals surface area contributed by atoms with Crippen molar-refractivity contribution in [1.82, 2.24) is 15.1 Å². The van der Waals surface area contributed by atoms with Crippen molar-refractivity contribution >= 4 is 5.91 Å². The quantitative estimate of drug-likeness (QED) is 0.832. The minimum atomic E-state index is -4.38. The molecule has 4 aliphatic heterocycles. The topological polar surface area (TPSA) is 35.6 Å². The molecule has 4 heterocycles. The number of rotatable bonds is 5. The average Bonchev–Trinajstić information content (AvgIpc) is 3.19. The number of carbonyl (C=O) groups is 1. The van der Waals surface area contributed by atoms with E-state index in [2.05, 4.69) is 15.1 Å². The van der Waals surface area contributed by atoms with E-state index < -0.39 is 11.7 Å². The van der Waals surface area contributed by atoms with Crippen LogP contribution in [0, 0.1) is 11.8 Å². The monoisotopic (exact) mass is 395 g/mol. The highest BCUT2D eigenvalue weighted by molar-refractivity contribution is 5.94. The first kappa shape index (κ1) is 19.7. The predicted octanol–water partition coefficient (Wildman–Crippen LogP) is 3.24. The van der Waals surface area contributed by atoms with Crippen LogP contribution in [0.25, 0.3) is 0 Å². The van der Waals surface area contributed by atoms with E-state index in [1.165, 1.54) is 51.0 Å². The summed E-state index contributed by atoms with van der Waals surface area (Å²) in [5.74, 6) is 1.15. The fourth-order valence-electron chi connectivity index (χ4n) is 5.09. The van der Waals surface area contributed by atoms with Crippen LogP contribution < -0.4 is 5.32 Å². The maximum absolute atomic E-state index is 12.6. The Balaban J connectivity index is 1.28. The van der Waals surface area contributed by atoms with Gasteiger partial charge in [-0.05, 0) is 81.4 Å². The summed E-state index contributed by atoms with van der Waals surface area (Å²) in [4.78, 5) is 17.4. The summed E-state index contributed by atoms with van der Waals surface area (Å²) in [5.41, 5.74) is -0.459. The first-order valence-electron chi connectivity index (χ1n) is 10.3. The number of amides is 1. The smallest absolute Gasteiger partial charge is 0.350 e. The third-order valence-electron chi connectivity index (χ3n) is 6.68. The van der Waals surface area contributed by atoms with Gasteiger partial charge < -0.3 is 10.2 Å². The second-order valence-corrected chi connectivity index (χ2v) is 8.49. The van der Waals surface area contributed by atoms with Gasteiger partial charge in [-0.25, -0.2) is 0 Å². The molecule has 0 spiro atoms. The summed E-state index contributed by atoms with van der Waals surface area (Å²) in [7, 11) is 0. The first-order chi connectivity index (χ1) is 13.4. The van der Waals surface area contributed by atoms with E-state index in [0.717, 1.165) is 43.5 Å². The molecular formula is C21H28F3N3O. The molecule has 0 aliphatic carbocycles. The Morgan fingerprint density at radius 1 is 1.11 bits per heavy atom. The molecule has 2 bridgehead atoms. The molecule has 7 heteroatoms. The Morgan fingerprint density at radius 3 is 2.43 bits per heavy atom. The molecule has 4 aliphatic rings. The van der Waals surface area contributed by atoms with E-state index in [9.17, 15) is 18.0 Å². The van der Waals surface area contributed by atoms with Gasteiger partial charge in [0.2, 0.25) is 0 Å². The highest BCUT2D eigenvalue weighted by atomic mass is 19.4. The molecule has 1 unspecified atom stereocenters. The van der Waals surface area contributed by atoms with Crippen LogP contribution in [0.2, 0.25) is 0 Å². The number of nitrogens with one attached hydrogen (secondary N) is 1. The van der Waals surface area contributed by atoms with Crippen LogP contribution in [0.5, 0.6) is 0 Å². The van der Waals surface area contributed by atoms with Crippen LogP contribution in [0.4, 0.5) is 13.2 Å². The molecule has 1 N–H and O–H groups in total. The Hall–Kier alpha value is -1.60. The van der Waals surface area contributed by atoms with E-state index in [1.807, 2.05) is 0 Å². The van der Waals surface area contributed by atoms with Crippen molar-refractivity contribution < 1.29 is 18.0 Å². The largest absolute Gasteiger partial charge is 0.416 e. The predicted molar refractivity (Wildman–Crippen MR) is 101 cm³/mol. The van der Waals surface area contributed by atoms with Crippen molar-refractivity contribution in [3.05, 3.63) is 35.4 Å². The van der Waals surface area contributed by atoms with Crippen molar-refractivity contribution in [3.8, 4) is 0 Å². The lowest BCUT2D eigenvalue weighted by Gasteiger charge is -2.50. The maximum Gasteiger partial charge on any atom is 0.416 e. The highest BCUT2D eigenvalue weighted by Crippen LogP contribution is 2.37. The third-order valence-corrected chi connectivity index (χ3v) is 6.68. The SMILES string of the molecule is O=C(NC[C@@H]1C[C@H]2CCN1C[C@@H]2CN1CCCC1)c1ccc(C(F)(F)F)cc1. The van der Waals surface area contributed by atoms with E-state index in [0.29, 0.717) is 12.6 Å². The van der Waals surface area contributed by atoms with Gasteiger partial charge in [-0.15, -0.1) is 0 Å². The van der Waals surface area contributed by atoms with Gasteiger partial charge in [0, 0.05) is 31.2 Å². The summed E-state index contributed by atoms with van der Waals surface area (Å²) in [6.45, 7) is 6.41. The van der Waals surface area contributed by atoms with Crippen LogP contribution in [-0.2, 0) is 6.18 Å². The van der Waals surface area contributed by atoms with Crippen LogP contribution >= 0.6 is 0 Å². The number of benzene rings is 1. The molecule has 154 valence electrons. The summed E-state index contributed by atoms with van der Waals surface area (Å²) >= 11 is 0. The molecule has 28 heavy (non-hydrogen) atoms. The zero-order chi connectivity index (χ0) is 19.7. The average molecular weight is 395 g/mol. The highest BCUT2D eigenvalue weighted by Gasteiger charge is 2.40. The van der Waals surface area contributed by atoms with Gasteiger partial charge in [0.15, 0.2) is 0 Å². The number of alkyl halides is 3. The van der Waals surface area contributed by atoms with Gasteiger partial charge in [0.1, 0.15) is 0 Å². The number of hydrogen-bond donors (Lipinski definition) is 1. The zero-order valence-electron chi connectivity index (χ0n) is 16.0. The lowest BCUT2D eigenvalue weighted by Crippen LogP contribution is -2.58. The molecule has 1 amide bonds. The Kier molecular flexibility index (Phi) is 5.65. The van der Waals surface area contributed by atoms with Crippen molar-refractivity contribution in [2.75, 3.05) is 39.3 Å². The van der Waals surface area contributed by atoms with Crippen molar-refractivity contribution in [3.63, 3.8) is 0 Å². The van der Waals surface area contributed by atoms with Gasteiger partial charge in [-0.2, -0.15) is 13.2 Å². The summed E-state index contributed by atoms with van der Waals surface area (Å²) in [6, 6.07) is 4.76. The molecule has 0 radical (unpaired) electrons. The van der Waals surface area contributed by atoms with Crippen molar-refractivity contribution in [2.24, 2.45) is 11.8 Å². The number of fused-ring (bicyclic) bond motifs is 3. The van der Waals surface area contributed by atoms with E-state index in [4.69, 9.17) is 0 Å². The van der Waals surface area contributed by atoms with Gasteiger partial charge in [-0.1, -0.05) is 0 Å². The number of piperidine rings is 3. The van der Waals surface area contributed by atoms with E-state index in [1.54, 1.807) is 0 Å². The molecule has 0 aromatic heterocycles. The standard InChI is InChI=1S/C21H28F3N3O/c22-21(23,24)18-5-3-15(4-6-18)20(28)25-12-19-11-16-7-10-27(19)14-17(16)13-26-8-1-2-9-26/h3-6,16-17,19H,1-2,7-14H2,(H,25,28)/t16-,17+,19+/m1/s1. The number of hydrogen-bond acceptors (Lipinski definition) is 3. The van der Waals surface area contributed by atoms with Crippen LogP contribution in [0.1, 0.15) is 41.6 Å². The Labute approximate surface area is 164 Å². The number of carbonyl (C=O) groups excluding carboxylic acids is 1. The molecular weight excluding hydrogens is 367 g/mol. The molecule has 0 saturated carbocycles. The molecule has 4 fully saturated rings. The molecule has 4 atom stereocenters. The number of nitrogens with zero attached hydrogens (tertiary/aromatic N) is 2. The number of likely N-dealkylation sites (tertiary alicyclic amines) is 1. The lowest BCUT2D eigenvalue weighted by molar-refractivity contribution is -0.137. The van der Waals surface area contributed by atoms with Crippen molar-refractivity contribution in [1.29, 1.82) is 0 Å². The van der Waals surface area contributed by atoms with Crippen molar-refractivity contribution in [2.45, 2.75) is 37.9 Å². The number of halogens is 3. The first-order valence-corrected chi connectivity index (χ1v) is 10.3. The van der Waals surface area contributed by atoms with E-state index >= 15 is 0 Å². The van der Waals surface area contributed by atoms with Gasteiger partial charge in [-0.3, -0.25) is 9.69 Å². The Morgan fingerprint density at radius 2 is 1.82 bits per heavy atom. The lowest BCUT2D eigenvalue weighted by atomic mass is 9.75. The molecule has 5 rings (SSSR count). The Bertz CT molecular complexity index is 685. The molecule has 1 aromatic rings. The van der Waals surface area contributed by atoms with Crippen LogP contribution in [-0.4, -0.2) is 61.0 Å². The maximum atomic E-state index is 12.6.